The molecule has 0 unspecified atom stereocenters. The molecule has 0 saturated heterocycles. The third-order valence-corrected chi connectivity index (χ3v) is 6.80. The Hall–Kier alpha value is -3.12. The first-order chi connectivity index (χ1) is 15.8. The second-order valence-electron chi connectivity index (χ2n) is 8.76. The number of rotatable bonds is 6. The van der Waals surface area contributed by atoms with Crippen molar-refractivity contribution in [1.29, 1.82) is 0 Å². The van der Waals surface area contributed by atoms with Crippen molar-refractivity contribution in [2.75, 3.05) is 5.32 Å². The van der Waals surface area contributed by atoms with Gasteiger partial charge in [-0.2, -0.15) is 0 Å². The third kappa shape index (κ3) is 4.96. The highest BCUT2D eigenvalue weighted by Gasteiger charge is 2.41. The fourth-order valence-electron chi connectivity index (χ4n) is 4.33. The zero-order valence-electron chi connectivity index (χ0n) is 18.9. The molecule has 1 fully saturated rings. The second-order valence-corrected chi connectivity index (χ2v) is 9.14. The van der Waals surface area contributed by atoms with E-state index in [0.717, 1.165) is 48.9 Å². The zero-order chi connectivity index (χ0) is 23.5. The molecule has 1 aliphatic carbocycles. The fraction of sp³-hybridized carbons (Fsp3) is 0.346. The molecule has 1 aliphatic heterocycles. The molecule has 172 valence electrons. The Labute approximate surface area is 199 Å². The average Bonchev–Trinajstić information content (AvgIpc) is 3.03. The Morgan fingerprint density at radius 1 is 0.970 bits per heavy atom. The minimum absolute atomic E-state index is 0.0463. The number of nitrogens with zero attached hydrogens (tertiary/aromatic N) is 1. The van der Waals surface area contributed by atoms with Crippen molar-refractivity contribution < 1.29 is 14.4 Å². The molecule has 0 bridgehead atoms. The lowest BCUT2D eigenvalue weighted by Crippen LogP contribution is -2.43. The van der Waals surface area contributed by atoms with Gasteiger partial charge in [0.2, 0.25) is 0 Å². The van der Waals surface area contributed by atoms with Crippen molar-refractivity contribution in [3.63, 3.8) is 0 Å². The number of imide groups is 1. The highest BCUT2D eigenvalue weighted by Crippen LogP contribution is 2.30. The lowest BCUT2D eigenvalue weighted by molar-refractivity contribution is -0.140. The number of hydrogen-bond donors (Lipinski definition) is 2. The van der Waals surface area contributed by atoms with Gasteiger partial charge in [0.1, 0.15) is 10.7 Å². The highest BCUT2D eigenvalue weighted by molar-refractivity contribution is 6.47. The van der Waals surface area contributed by atoms with E-state index >= 15 is 0 Å². The normalized spacial score (nSPS) is 17.0. The van der Waals surface area contributed by atoms with Crippen LogP contribution >= 0.6 is 11.6 Å². The van der Waals surface area contributed by atoms with Crippen LogP contribution in [0.15, 0.2) is 53.2 Å². The van der Waals surface area contributed by atoms with E-state index in [9.17, 15) is 14.4 Å². The van der Waals surface area contributed by atoms with Crippen LogP contribution in [-0.4, -0.2) is 28.7 Å². The van der Waals surface area contributed by atoms with Crippen molar-refractivity contribution in [1.82, 2.24) is 10.2 Å². The monoisotopic (exact) mass is 465 g/mol. The van der Waals surface area contributed by atoms with Crippen molar-refractivity contribution in [3.8, 4) is 0 Å². The summed E-state index contributed by atoms with van der Waals surface area (Å²) < 4.78 is 0. The molecule has 33 heavy (non-hydrogen) atoms. The minimum atomic E-state index is -0.408. The summed E-state index contributed by atoms with van der Waals surface area (Å²) in [6, 6.07) is 12.8. The summed E-state index contributed by atoms with van der Waals surface area (Å²) >= 11 is 6.22. The number of nitrogens with one attached hydrogen (secondary N) is 2. The molecule has 2 aromatic rings. The first-order valence-electron chi connectivity index (χ1n) is 11.3. The molecule has 0 aromatic heterocycles. The molecule has 0 spiro atoms. The number of anilines is 1. The Morgan fingerprint density at radius 3 is 2.33 bits per heavy atom. The number of amides is 3. The van der Waals surface area contributed by atoms with Crippen LogP contribution in [0.3, 0.4) is 0 Å². The average molecular weight is 466 g/mol. The van der Waals surface area contributed by atoms with Gasteiger partial charge in [0, 0.05) is 23.8 Å². The van der Waals surface area contributed by atoms with E-state index < -0.39 is 5.91 Å². The summed E-state index contributed by atoms with van der Waals surface area (Å²) in [5.41, 5.74) is 4.59. The second kappa shape index (κ2) is 9.79. The van der Waals surface area contributed by atoms with Crippen LogP contribution in [0.4, 0.5) is 5.69 Å². The molecule has 6 nitrogen and oxygen atoms in total. The molecule has 2 aromatic carbocycles. The van der Waals surface area contributed by atoms with Gasteiger partial charge in [-0.25, -0.2) is 0 Å². The predicted octanol–water partition coefficient (Wildman–Crippen LogP) is 4.80. The molecule has 0 radical (unpaired) electrons. The van der Waals surface area contributed by atoms with Gasteiger partial charge in [-0.15, -0.1) is 0 Å². The smallest absolute Gasteiger partial charge is 0.278 e. The maximum Gasteiger partial charge on any atom is 0.278 e. The minimum Gasteiger partial charge on any atom is -0.375 e. The lowest BCUT2D eigenvalue weighted by atomic mass is 9.94. The van der Waals surface area contributed by atoms with Gasteiger partial charge in [-0.05, 0) is 67.6 Å². The maximum absolute atomic E-state index is 12.9. The number of carbonyl (C=O) groups excluding carboxylic acids is 3. The summed E-state index contributed by atoms with van der Waals surface area (Å²) in [5.74, 6) is -0.945. The largest absolute Gasteiger partial charge is 0.375 e. The maximum atomic E-state index is 12.9. The third-order valence-electron chi connectivity index (χ3n) is 6.45. The molecule has 7 heteroatoms. The Morgan fingerprint density at radius 2 is 1.67 bits per heavy atom. The Balaban J connectivity index is 1.37. The van der Waals surface area contributed by atoms with E-state index in [-0.39, 0.29) is 28.6 Å². The van der Waals surface area contributed by atoms with Gasteiger partial charge >= 0.3 is 0 Å². The van der Waals surface area contributed by atoms with Crippen molar-refractivity contribution >= 4 is 35.0 Å². The quantitative estimate of drug-likeness (QED) is 0.601. The van der Waals surface area contributed by atoms with Gasteiger partial charge in [-0.3, -0.25) is 19.3 Å². The van der Waals surface area contributed by atoms with E-state index in [4.69, 9.17) is 11.6 Å². The number of halogens is 1. The van der Waals surface area contributed by atoms with Crippen LogP contribution in [0.1, 0.15) is 59.2 Å². The first kappa shape index (κ1) is 23.1. The van der Waals surface area contributed by atoms with Gasteiger partial charge < -0.3 is 10.6 Å². The number of hydrogen-bond acceptors (Lipinski definition) is 4. The van der Waals surface area contributed by atoms with Gasteiger partial charge in [-0.1, -0.05) is 49.1 Å². The highest BCUT2D eigenvalue weighted by atomic mass is 35.5. The summed E-state index contributed by atoms with van der Waals surface area (Å²) in [4.78, 5) is 39.3. The van der Waals surface area contributed by atoms with Crippen molar-refractivity contribution in [2.24, 2.45) is 0 Å². The Kier molecular flexibility index (Phi) is 6.84. The molecule has 2 aliphatic rings. The number of aryl methyl sites for hydroxylation is 2. The van der Waals surface area contributed by atoms with Crippen LogP contribution in [-0.2, 0) is 16.1 Å². The summed E-state index contributed by atoms with van der Waals surface area (Å²) in [6.07, 6.45) is 4.84. The fourth-order valence-corrected chi connectivity index (χ4v) is 4.57. The molecule has 0 atom stereocenters. The van der Waals surface area contributed by atoms with E-state index in [1.54, 1.807) is 12.1 Å². The van der Waals surface area contributed by atoms with Crippen LogP contribution in [0.2, 0.25) is 0 Å². The van der Waals surface area contributed by atoms with Crippen LogP contribution in [0.25, 0.3) is 0 Å². The van der Waals surface area contributed by atoms with E-state index in [0.29, 0.717) is 12.1 Å². The summed E-state index contributed by atoms with van der Waals surface area (Å²) in [6.45, 7) is 4.35. The Bertz CT molecular complexity index is 1120. The molecular weight excluding hydrogens is 438 g/mol. The van der Waals surface area contributed by atoms with E-state index in [1.165, 1.54) is 10.5 Å². The summed E-state index contributed by atoms with van der Waals surface area (Å²) in [5, 5.41) is 5.89. The molecule has 4 rings (SSSR count). The van der Waals surface area contributed by atoms with Crippen molar-refractivity contribution in [2.45, 2.75) is 58.5 Å². The van der Waals surface area contributed by atoms with Gasteiger partial charge in [0.05, 0.1) is 0 Å². The molecular formula is C26H28ClN3O3. The van der Waals surface area contributed by atoms with Crippen LogP contribution in [0.5, 0.6) is 0 Å². The first-order valence-corrected chi connectivity index (χ1v) is 11.7. The SMILES string of the molecule is Cc1ccc(NC(=O)c2ccc(CNC3=C(Cl)C(=O)N(C4CCCCC4)C3=O)cc2)cc1C. The van der Waals surface area contributed by atoms with Gasteiger partial charge in [0.25, 0.3) is 17.7 Å². The standard InChI is InChI=1S/C26H28ClN3O3/c1-16-8-13-20(14-17(16)2)29-24(31)19-11-9-18(10-12-19)15-28-23-22(27)25(32)30(26(23)33)21-6-4-3-5-7-21/h8-14,21,28H,3-7,15H2,1-2H3,(H,29,31). The lowest BCUT2D eigenvalue weighted by Gasteiger charge is -2.29. The van der Waals surface area contributed by atoms with E-state index in [1.807, 2.05) is 44.2 Å². The zero-order valence-corrected chi connectivity index (χ0v) is 19.7. The number of benzene rings is 2. The summed E-state index contributed by atoms with van der Waals surface area (Å²) in [7, 11) is 0. The molecule has 1 saturated carbocycles. The molecule has 2 N–H and O–H groups in total. The van der Waals surface area contributed by atoms with Crippen LogP contribution < -0.4 is 10.6 Å². The van der Waals surface area contributed by atoms with Crippen LogP contribution in [0, 0.1) is 13.8 Å². The number of carbonyl (C=O) groups is 3. The topological polar surface area (TPSA) is 78.5 Å². The predicted molar refractivity (Wildman–Crippen MR) is 129 cm³/mol. The molecule has 3 amide bonds. The van der Waals surface area contributed by atoms with Gasteiger partial charge in [0.15, 0.2) is 0 Å². The van der Waals surface area contributed by atoms with E-state index in [2.05, 4.69) is 10.6 Å². The van der Waals surface area contributed by atoms with Crippen molar-refractivity contribution in [3.05, 3.63) is 75.4 Å². The molecule has 1 heterocycles.